The molecular formula is C15H16N2O4. The number of hydrogen-bond donors (Lipinski definition) is 2. The van der Waals surface area contributed by atoms with Crippen molar-refractivity contribution >= 4 is 6.03 Å². The fourth-order valence-corrected chi connectivity index (χ4v) is 1.55. The Bertz CT molecular complexity index is 575. The molecule has 0 bridgehead atoms. The zero-order valence-corrected chi connectivity index (χ0v) is 11.5. The Hall–Kier alpha value is -2.81. The molecule has 6 heteroatoms. The van der Waals surface area contributed by atoms with Gasteiger partial charge in [-0.1, -0.05) is 17.9 Å². The number of rotatable bonds is 5. The Balaban J connectivity index is 1.67. The first kappa shape index (κ1) is 14.6. The smallest absolute Gasteiger partial charge is 0.315 e. The van der Waals surface area contributed by atoms with Crippen molar-refractivity contribution in [3.63, 3.8) is 0 Å². The predicted octanol–water partition coefficient (Wildman–Crippen LogP) is 1.28. The van der Waals surface area contributed by atoms with E-state index < -0.39 is 0 Å². The number of benzene rings is 1. The second-order valence-electron chi connectivity index (χ2n) is 4.01. The van der Waals surface area contributed by atoms with Gasteiger partial charge in [0.2, 0.25) is 6.79 Å². The topological polar surface area (TPSA) is 68.8 Å². The SMILES string of the molecule is C=CCNC(=O)NCC#CCOc1ccc2c(c1)OCO2. The van der Waals surface area contributed by atoms with Crippen LogP contribution in [0.15, 0.2) is 30.9 Å². The van der Waals surface area contributed by atoms with Gasteiger partial charge in [0, 0.05) is 12.6 Å². The van der Waals surface area contributed by atoms with Crippen LogP contribution in [0, 0.1) is 11.8 Å². The van der Waals surface area contributed by atoms with Gasteiger partial charge in [0.15, 0.2) is 11.5 Å². The minimum Gasteiger partial charge on any atom is -0.481 e. The first-order valence-electron chi connectivity index (χ1n) is 6.40. The van der Waals surface area contributed by atoms with Crippen LogP contribution in [0.1, 0.15) is 0 Å². The molecule has 2 N–H and O–H groups in total. The average molecular weight is 288 g/mol. The zero-order valence-electron chi connectivity index (χ0n) is 11.5. The predicted molar refractivity (Wildman–Crippen MR) is 77.4 cm³/mol. The Morgan fingerprint density at radius 1 is 1.33 bits per heavy atom. The van der Waals surface area contributed by atoms with Gasteiger partial charge >= 0.3 is 6.03 Å². The quantitative estimate of drug-likeness (QED) is 0.632. The van der Waals surface area contributed by atoms with E-state index in [2.05, 4.69) is 29.1 Å². The lowest BCUT2D eigenvalue weighted by atomic mass is 10.3. The van der Waals surface area contributed by atoms with Crippen LogP contribution < -0.4 is 24.8 Å². The molecule has 1 aliphatic rings. The van der Waals surface area contributed by atoms with Crippen LogP contribution in [0.3, 0.4) is 0 Å². The van der Waals surface area contributed by atoms with Gasteiger partial charge in [-0.2, -0.15) is 0 Å². The van der Waals surface area contributed by atoms with Crippen molar-refractivity contribution < 1.29 is 19.0 Å². The maximum absolute atomic E-state index is 11.2. The van der Waals surface area contributed by atoms with Crippen LogP contribution in [0.5, 0.6) is 17.2 Å². The van der Waals surface area contributed by atoms with Crippen LogP contribution in [0.4, 0.5) is 4.79 Å². The summed E-state index contributed by atoms with van der Waals surface area (Å²) in [6.45, 7) is 4.65. The zero-order chi connectivity index (χ0) is 14.9. The van der Waals surface area contributed by atoms with Gasteiger partial charge in [0.05, 0.1) is 6.54 Å². The highest BCUT2D eigenvalue weighted by atomic mass is 16.7. The summed E-state index contributed by atoms with van der Waals surface area (Å²) in [7, 11) is 0. The lowest BCUT2D eigenvalue weighted by Gasteiger charge is -2.03. The maximum Gasteiger partial charge on any atom is 0.315 e. The van der Waals surface area contributed by atoms with Crippen molar-refractivity contribution in [2.24, 2.45) is 0 Å². The number of hydrogen-bond acceptors (Lipinski definition) is 4. The van der Waals surface area contributed by atoms with Crippen molar-refractivity contribution in [2.75, 3.05) is 26.5 Å². The van der Waals surface area contributed by atoms with E-state index in [1.54, 1.807) is 24.3 Å². The minimum atomic E-state index is -0.277. The summed E-state index contributed by atoms with van der Waals surface area (Å²) in [6.07, 6.45) is 1.60. The van der Waals surface area contributed by atoms with Crippen molar-refractivity contribution in [1.29, 1.82) is 0 Å². The molecule has 0 saturated carbocycles. The van der Waals surface area contributed by atoms with Gasteiger partial charge < -0.3 is 24.8 Å². The van der Waals surface area contributed by atoms with Crippen molar-refractivity contribution in [1.82, 2.24) is 10.6 Å². The summed E-state index contributed by atoms with van der Waals surface area (Å²) < 4.78 is 15.9. The number of carbonyl (C=O) groups excluding carboxylic acids is 1. The van der Waals surface area contributed by atoms with Crippen molar-refractivity contribution in [3.05, 3.63) is 30.9 Å². The van der Waals surface area contributed by atoms with Gasteiger partial charge in [-0.25, -0.2) is 4.79 Å². The second kappa shape index (κ2) is 7.70. The Morgan fingerprint density at radius 2 is 2.19 bits per heavy atom. The molecule has 0 fully saturated rings. The fraction of sp³-hybridized carbons (Fsp3) is 0.267. The Kier molecular flexibility index (Phi) is 5.35. The largest absolute Gasteiger partial charge is 0.481 e. The van der Waals surface area contributed by atoms with Crippen LogP contribution >= 0.6 is 0 Å². The highest BCUT2D eigenvalue weighted by molar-refractivity contribution is 5.74. The van der Waals surface area contributed by atoms with Crippen molar-refractivity contribution in [2.45, 2.75) is 0 Å². The number of urea groups is 1. The summed E-state index contributed by atoms with van der Waals surface area (Å²) in [6, 6.07) is 5.05. The van der Waals surface area contributed by atoms with Gasteiger partial charge in [-0.3, -0.25) is 0 Å². The van der Waals surface area contributed by atoms with E-state index in [1.807, 2.05) is 0 Å². The number of fused-ring (bicyclic) bond motifs is 1. The summed E-state index contributed by atoms with van der Waals surface area (Å²) in [4.78, 5) is 11.2. The molecule has 1 aromatic rings. The number of ether oxygens (including phenoxy) is 3. The third-order valence-electron chi connectivity index (χ3n) is 2.52. The highest BCUT2D eigenvalue weighted by Gasteiger charge is 2.13. The average Bonchev–Trinajstić information content (AvgIpc) is 2.96. The van der Waals surface area contributed by atoms with E-state index >= 15 is 0 Å². The molecular weight excluding hydrogens is 272 g/mol. The normalized spacial score (nSPS) is 11.0. The fourth-order valence-electron chi connectivity index (χ4n) is 1.55. The summed E-state index contributed by atoms with van der Waals surface area (Å²) in [5, 5.41) is 5.17. The molecule has 1 aromatic carbocycles. The molecule has 0 atom stereocenters. The van der Waals surface area contributed by atoms with E-state index in [1.165, 1.54) is 0 Å². The monoisotopic (exact) mass is 288 g/mol. The van der Waals surface area contributed by atoms with Crippen LogP contribution in [0.25, 0.3) is 0 Å². The molecule has 110 valence electrons. The van der Waals surface area contributed by atoms with Gasteiger partial charge in [0.1, 0.15) is 12.4 Å². The van der Waals surface area contributed by atoms with Crippen LogP contribution in [-0.2, 0) is 0 Å². The maximum atomic E-state index is 11.2. The number of amides is 2. The van der Waals surface area contributed by atoms with Crippen molar-refractivity contribution in [3.8, 4) is 29.1 Å². The number of nitrogens with one attached hydrogen (secondary N) is 2. The Labute approximate surface area is 123 Å². The van der Waals surface area contributed by atoms with Crippen LogP contribution in [0.2, 0.25) is 0 Å². The van der Waals surface area contributed by atoms with Crippen LogP contribution in [-0.4, -0.2) is 32.5 Å². The third kappa shape index (κ3) is 4.66. The molecule has 2 amide bonds. The minimum absolute atomic E-state index is 0.232. The highest BCUT2D eigenvalue weighted by Crippen LogP contribution is 2.34. The molecule has 0 radical (unpaired) electrons. The molecule has 1 heterocycles. The van der Waals surface area contributed by atoms with E-state index in [-0.39, 0.29) is 26.0 Å². The lowest BCUT2D eigenvalue weighted by molar-refractivity contribution is 0.174. The summed E-state index contributed by atoms with van der Waals surface area (Å²) in [5.74, 6) is 7.63. The molecule has 0 spiro atoms. The first-order valence-corrected chi connectivity index (χ1v) is 6.40. The molecule has 6 nitrogen and oxygen atoms in total. The van der Waals surface area contributed by atoms with Gasteiger partial charge in [-0.15, -0.1) is 6.58 Å². The van der Waals surface area contributed by atoms with E-state index in [0.29, 0.717) is 23.8 Å². The molecule has 1 aliphatic heterocycles. The molecule has 2 rings (SSSR count). The molecule has 0 aromatic heterocycles. The molecule has 0 unspecified atom stereocenters. The van der Waals surface area contributed by atoms with E-state index in [9.17, 15) is 4.79 Å². The summed E-state index contributed by atoms with van der Waals surface area (Å²) in [5.41, 5.74) is 0. The standard InChI is InChI=1S/C15H16N2O4/c1-2-7-16-15(18)17-8-3-4-9-19-12-5-6-13-14(10-12)21-11-20-13/h2,5-6,10H,1,7-9,11H2,(H2,16,17,18). The molecule has 0 saturated heterocycles. The second-order valence-corrected chi connectivity index (χ2v) is 4.01. The first-order chi connectivity index (χ1) is 10.3. The number of carbonyl (C=O) groups is 1. The van der Waals surface area contributed by atoms with Gasteiger partial charge in [0.25, 0.3) is 0 Å². The summed E-state index contributed by atoms with van der Waals surface area (Å²) >= 11 is 0. The lowest BCUT2D eigenvalue weighted by Crippen LogP contribution is -2.35. The molecule has 21 heavy (non-hydrogen) atoms. The Morgan fingerprint density at radius 3 is 3.05 bits per heavy atom. The van der Waals surface area contributed by atoms with E-state index in [0.717, 1.165) is 0 Å². The van der Waals surface area contributed by atoms with E-state index in [4.69, 9.17) is 14.2 Å². The van der Waals surface area contributed by atoms with Gasteiger partial charge in [-0.05, 0) is 12.1 Å². The molecule has 0 aliphatic carbocycles. The third-order valence-corrected chi connectivity index (χ3v) is 2.52.